The van der Waals surface area contributed by atoms with Gasteiger partial charge in [0.25, 0.3) is 0 Å². The Bertz CT molecular complexity index is 763. The zero-order chi connectivity index (χ0) is 19.3. The van der Waals surface area contributed by atoms with Gasteiger partial charge in [-0.2, -0.15) is 0 Å². The minimum absolute atomic E-state index is 0.137. The van der Waals surface area contributed by atoms with Gasteiger partial charge in [-0.1, -0.05) is 74.5 Å². The van der Waals surface area contributed by atoms with E-state index in [1.807, 2.05) is 58.3 Å². The first-order valence-electron chi connectivity index (χ1n) is 9.61. The molecule has 2 aromatic carbocycles. The van der Waals surface area contributed by atoms with E-state index in [4.69, 9.17) is 0 Å². The molecule has 3 rings (SSSR count). The second-order valence-electron chi connectivity index (χ2n) is 7.85. The van der Waals surface area contributed by atoms with E-state index in [1.165, 1.54) is 5.56 Å². The molecule has 0 radical (unpaired) electrons. The fourth-order valence-corrected chi connectivity index (χ4v) is 3.57. The van der Waals surface area contributed by atoms with Crippen LogP contribution in [0.25, 0.3) is 0 Å². The minimum atomic E-state index is -0.196. The topological polar surface area (TPSA) is 40.6 Å². The Morgan fingerprint density at radius 3 is 1.81 bits per heavy atom. The van der Waals surface area contributed by atoms with E-state index in [-0.39, 0.29) is 17.2 Å². The quantitative estimate of drug-likeness (QED) is 0.817. The van der Waals surface area contributed by atoms with Gasteiger partial charge in [-0.25, -0.2) is 0 Å². The van der Waals surface area contributed by atoms with Crippen LogP contribution in [0.3, 0.4) is 0 Å². The molecule has 0 N–H and O–H groups in total. The summed E-state index contributed by atoms with van der Waals surface area (Å²) in [7, 11) is 0. The lowest BCUT2D eigenvalue weighted by atomic mass is 9.81. The maximum Gasteiger partial charge on any atom is 0.227 e. The lowest BCUT2D eigenvalue weighted by molar-refractivity contribution is -0.139. The van der Waals surface area contributed by atoms with Crippen LogP contribution in [-0.4, -0.2) is 47.8 Å². The lowest BCUT2D eigenvalue weighted by Gasteiger charge is -2.36. The summed E-state index contributed by atoms with van der Waals surface area (Å²) in [6.45, 7) is 6.68. The predicted molar refractivity (Wildman–Crippen MR) is 107 cm³/mol. The van der Waals surface area contributed by atoms with Gasteiger partial charge in [0.1, 0.15) is 0 Å². The Kier molecular flexibility index (Phi) is 5.94. The Balaban J connectivity index is 1.51. The van der Waals surface area contributed by atoms with Crippen molar-refractivity contribution in [1.29, 1.82) is 0 Å². The highest BCUT2D eigenvalue weighted by Gasteiger charge is 2.29. The van der Waals surface area contributed by atoms with Crippen molar-refractivity contribution < 1.29 is 9.59 Å². The molecule has 0 spiro atoms. The zero-order valence-electron chi connectivity index (χ0n) is 16.2. The molecule has 2 amide bonds. The largest absolute Gasteiger partial charge is 0.339 e. The number of benzene rings is 2. The van der Waals surface area contributed by atoms with Crippen molar-refractivity contribution in [1.82, 2.24) is 9.80 Å². The summed E-state index contributed by atoms with van der Waals surface area (Å²) < 4.78 is 0. The maximum atomic E-state index is 12.8. The van der Waals surface area contributed by atoms with Gasteiger partial charge in [0.2, 0.25) is 11.8 Å². The van der Waals surface area contributed by atoms with Gasteiger partial charge in [-0.05, 0) is 16.5 Å². The second-order valence-corrected chi connectivity index (χ2v) is 7.85. The van der Waals surface area contributed by atoms with Crippen molar-refractivity contribution in [3.8, 4) is 0 Å². The molecular weight excluding hydrogens is 336 g/mol. The molecule has 27 heavy (non-hydrogen) atoms. The van der Waals surface area contributed by atoms with Crippen LogP contribution in [-0.2, 0) is 21.4 Å². The Morgan fingerprint density at radius 2 is 1.26 bits per heavy atom. The summed E-state index contributed by atoms with van der Waals surface area (Å²) in [6.07, 6.45) is 0.908. The Hall–Kier alpha value is -2.62. The first-order chi connectivity index (χ1) is 13.0. The molecule has 0 unspecified atom stereocenters. The Labute approximate surface area is 161 Å². The van der Waals surface area contributed by atoms with Crippen molar-refractivity contribution >= 4 is 11.8 Å². The van der Waals surface area contributed by atoms with Crippen LogP contribution in [0.5, 0.6) is 0 Å². The number of hydrogen-bond acceptors (Lipinski definition) is 2. The standard InChI is InChI=1S/C23H28N2O2/c1-23(2,20-11-7-4-8-12-20)18-22(27)25-15-13-24(14-16-25)21(26)17-19-9-5-3-6-10-19/h3-12H,13-18H2,1-2H3. The first-order valence-corrected chi connectivity index (χ1v) is 9.61. The average molecular weight is 364 g/mol. The van der Waals surface area contributed by atoms with Crippen LogP contribution in [0.2, 0.25) is 0 Å². The van der Waals surface area contributed by atoms with Crippen LogP contribution in [0.4, 0.5) is 0 Å². The van der Waals surface area contributed by atoms with Crippen LogP contribution in [0.15, 0.2) is 60.7 Å². The maximum absolute atomic E-state index is 12.8. The summed E-state index contributed by atoms with van der Waals surface area (Å²) in [5.41, 5.74) is 2.01. The number of nitrogens with zero attached hydrogens (tertiary/aromatic N) is 2. The summed E-state index contributed by atoms with van der Waals surface area (Å²) in [4.78, 5) is 29.0. The van der Waals surface area contributed by atoms with Crippen molar-refractivity contribution in [2.75, 3.05) is 26.2 Å². The zero-order valence-corrected chi connectivity index (χ0v) is 16.2. The van der Waals surface area contributed by atoms with E-state index in [0.29, 0.717) is 39.0 Å². The van der Waals surface area contributed by atoms with Crippen LogP contribution in [0.1, 0.15) is 31.4 Å². The third-order valence-electron chi connectivity index (χ3n) is 5.33. The van der Waals surface area contributed by atoms with Crippen LogP contribution >= 0.6 is 0 Å². The monoisotopic (exact) mass is 364 g/mol. The van der Waals surface area contributed by atoms with Crippen molar-refractivity contribution in [3.05, 3.63) is 71.8 Å². The highest BCUT2D eigenvalue weighted by molar-refractivity contribution is 5.80. The molecule has 0 saturated carbocycles. The summed E-state index contributed by atoms with van der Waals surface area (Å²) in [6, 6.07) is 20.0. The number of rotatable bonds is 5. The highest BCUT2D eigenvalue weighted by Crippen LogP contribution is 2.27. The molecule has 1 aliphatic heterocycles. The highest BCUT2D eigenvalue weighted by atomic mass is 16.2. The fourth-order valence-electron chi connectivity index (χ4n) is 3.57. The van der Waals surface area contributed by atoms with Gasteiger partial charge < -0.3 is 9.80 Å². The summed E-state index contributed by atoms with van der Waals surface area (Å²) >= 11 is 0. The van der Waals surface area contributed by atoms with Crippen molar-refractivity contribution in [2.45, 2.75) is 32.1 Å². The predicted octanol–water partition coefficient (Wildman–Crippen LogP) is 3.27. The van der Waals surface area contributed by atoms with Gasteiger partial charge >= 0.3 is 0 Å². The van der Waals surface area contributed by atoms with Crippen LogP contribution < -0.4 is 0 Å². The SMILES string of the molecule is CC(C)(CC(=O)N1CCN(C(=O)Cc2ccccc2)CC1)c1ccccc1. The van der Waals surface area contributed by atoms with Gasteiger partial charge in [-0.15, -0.1) is 0 Å². The minimum Gasteiger partial charge on any atom is -0.339 e. The van der Waals surface area contributed by atoms with E-state index in [1.54, 1.807) is 0 Å². The molecule has 1 heterocycles. The smallest absolute Gasteiger partial charge is 0.227 e. The molecule has 142 valence electrons. The molecule has 0 bridgehead atoms. The molecule has 1 saturated heterocycles. The fraction of sp³-hybridized carbons (Fsp3) is 0.391. The van der Waals surface area contributed by atoms with Gasteiger partial charge in [0, 0.05) is 32.6 Å². The number of carbonyl (C=O) groups excluding carboxylic acids is 2. The molecular formula is C23H28N2O2. The Morgan fingerprint density at radius 1 is 0.778 bits per heavy atom. The third kappa shape index (κ3) is 4.97. The van der Waals surface area contributed by atoms with Gasteiger partial charge in [0.15, 0.2) is 0 Å². The molecule has 0 atom stereocenters. The number of carbonyl (C=O) groups is 2. The van der Waals surface area contributed by atoms with Crippen molar-refractivity contribution in [2.24, 2.45) is 0 Å². The van der Waals surface area contributed by atoms with Crippen LogP contribution in [0, 0.1) is 0 Å². The lowest BCUT2D eigenvalue weighted by Crippen LogP contribution is -2.51. The molecule has 0 aromatic heterocycles. The molecule has 1 aliphatic rings. The second kappa shape index (κ2) is 8.38. The summed E-state index contributed by atoms with van der Waals surface area (Å²) in [5, 5.41) is 0. The van der Waals surface area contributed by atoms with Gasteiger partial charge in [0.05, 0.1) is 6.42 Å². The molecule has 4 nitrogen and oxygen atoms in total. The third-order valence-corrected chi connectivity index (χ3v) is 5.33. The van der Waals surface area contributed by atoms with Gasteiger partial charge in [-0.3, -0.25) is 9.59 Å². The molecule has 0 aliphatic carbocycles. The number of amides is 2. The van der Waals surface area contributed by atoms with E-state index < -0.39 is 0 Å². The van der Waals surface area contributed by atoms with E-state index in [0.717, 1.165) is 5.56 Å². The van der Waals surface area contributed by atoms with E-state index >= 15 is 0 Å². The molecule has 1 fully saturated rings. The molecule has 2 aromatic rings. The van der Waals surface area contributed by atoms with E-state index in [2.05, 4.69) is 26.0 Å². The van der Waals surface area contributed by atoms with Crippen molar-refractivity contribution in [3.63, 3.8) is 0 Å². The normalized spacial score (nSPS) is 14.9. The molecule has 4 heteroatoms. The average Bonchev–Trinajstić information content (AvgIpc) is 2.69. The number of piperazine rings is 1. The summed E-state index contributed by atoms with van der Waals surface area (Å²) in [5.74, 6) is 0.303. The van der Waals surface area contributed by atoms with E-state index in [9.17, 15) is 9.59 Å². The first kappa shape index (κ1) is 19.2. The number of hydrogen-bond donors (Lipinski definition) is 0.